The topological polar surface area (TPSA) is 65.0 Å². The highest BCUT2D eigenvalue weighted by atomic mass is 16.3. The molecule has 2 N–H and O–H groups in total. The van der Waals surface area contributed by atoms with Gasteiger partial charge < -0.3 is 10.0 Å². The number of hydrogen-bond acceptors (Lipinski definition) is 4. The van der Waals surface area contributed by atoms with Crippen LogP contribution in [-0.4, -0.2) is 39.5 Å². The maximum Gasteiger partial charge on any atom is 0.129 e. The fourth-order valence-electron chi connectivity index (χ4n) is 3.74. The quantitative estimate of drug-likeness (QED) is 0.772. The second-order valence-corrected chi connectivity index (χ2v) is 7.30. The molecule has 3 aromatic rings. The number of H-pyrrole nitrogens is 1. The van der Waals surface area contributed by atoms with Gasteiger partial charge >= 0.3 is 0 Å². The number of aliphatic hydroxyl groups is 1. The van der Waals surface area contributed by atoms with E-state index in [-0.39, 0.29) is 12.0 Å². The number of nitrogens with one attached hydrogen (secondary N) is 1. The fourth-order valence-corrected chi connectivity index (χ4v) is 3.74. The maximum atomic E-state index is 10.5. The SMILES string of the molecule is Cc1ccc2nc(N3C[C@@H](Cc4cc(C)[nH]n4)[C@@H](O)C3)cc(C)c2c1. The third kappa shape index (κ3) is 3.12. The van der Waals surface area contributed by atoms with Crippen LogP contribution in [0, 0.1) is 26.7 Å². The molecule has 1 aromatic carbocycles. The van der Waals surface area contributed by atoms with E-state index < -0.39 is 0 Å². The van der Waals surface area contributed by atoms with E-state index in [1.165, 1.54) is 16.5 Å². The molecule has 5 heteroatoms. The van der Waals surface area contributed by atoms with Crippen molar-refractivity contribution in [3.8, 4) is 0 Å². The summed E-state index contributed by atoms with van der Waals surface area (Å²) in [4.78, 5) is 7.03. The van der Waals surface area contributed by atoms with Crippen molar-refractivity contribution in [3.63, 3.8) is 0 Å². The third-order valence-corrected chi connectivity index (χ3v) is 5.12. The van der Waals surface area contributed by atoms with Crippen molar-refractivity contribution in [3.05, 3.63) is 52.8 Å². The van der Waals surface area contributed by atoms with Crippen molar-refractivity contribution >= 4 is 16.7 Å². The smallest absolute Gasteiger partial charge is 0.129 e. The van der Waals surface area contributed by atoms with Crippen LogP contribution in [0.1, 0.15) is 22.5 Å². The number of fused-ring (bicyclic) bond motifs is 1. The summed E-state index contributed by atoms with van der Waals surface area (Å²) in [7, 11) is 0. The average molecular weight is 336 g/mol. The number of aliphatic hydroxyl groups excluding tert-OH is 1. The van der Waals surface area contributed by atoms with Gasteiger partial charge in [0.05, 0.1) is 17.3 Å². The molecule has 0 radical (unpaired) electrons. The summed E-state index contributed by atoms with van der Waals surface area (Å²) in [6.07, 6.45) is 0.432. The number of hydrogen-bond donors (Lipinski definition) is 2. The molecule has 0 spiro atoms. The number of benzene rings is 1. The number of rotatable bonds is 3. The minimum Gasteiger partial charge on any atom is -0.391 e. The average Bonchev–Trinajstić information content (AvgIpc) is 3.14. The van der Waals surface area contributed by atoms with Crippen LogP contribution in [0.3, 0.4) is 0 Å². The highest BCUT2D eigenvalue weighted by Crippen LogP contribution is 2.29. The predicted octanol–water partition coefficient (Wildman–Crippen LogP) is 2.92. The van der Waals surface area contributed by atoms with Gasteiger partial charge in [0.1, 0.15) is 5.82 Å². The first-order valence-corrected chi connectivity index (χ1v) is 8.81. The summed E-state index contributed by atoms with van der Waals surface area (Å²) in [5.41, 5.74) is 5.56. The highest BCUT2D eigenvalue weighted by molar-refractivity contribution is 5.84. The number of β-amino-alcohol motifs (C(OH)–C–C–N with tert-alkyl or cyclic N) is 1. The minimum absolute atomic E-state index is 0.179. The Morgan fingerprint density at radius 2 is 2.00 bits per heavy atom. The third-order valence-electron chi connectivity index (χ3n) is 5.12. The first-order valence-electron chi connectivity index (χ1n) is 8.81. The Bertz CT molecular complexity index is 917. The molecule has 0 saturated carbocycles. The lowest BCUT2D eigenvalue weighted by molar-refractivity contribution is 0.148. The van der Waals surface area contributed by atoms with Crippen LogP contribution in [0.5, 0.6) is 0 Å². The maximum absolute atomic E-state index is 10.5. The molecule has 0 amide bonds. The van der Waals surface area contributed by atoms with Gasteiger partial charge in [0.2, 0.25) is 0 Å². The van der Waals surface area contributed by atoms with E-state index in [1.54, 1.807) is 0 Å². The Balaban J connectivity index is 1.58. The number of nitrogens with zero attached hydrogens (tertiary/aromatic N) is 3. The van der Waals surface area contributed by atoms with Crippen molar-refractivity contribution in [2.75, 3.05) is 18.0 Å². The Hall–Kier alpha value is -2.40. The van der Waals surface area contributed by atoms with Gasteiger partial charge in [0, 0.05) is 30.1 Å². The summed E-state index contributed by atoms with van der Waals surface area (Å²) in [5, 5.41) is 19.0. The number of anilines is 1. The minimum atomic E-state index is -0.354. The number of aryl methyl sites for hydroxylation is 3. The molecule has 1 saturated heterocycles. The Labute approximate surface area is 147 Å². The van der Waals surface area contributed by atoms with Gasteiger partial charge in [-0.15, -0.1) is 0 Å². The largest absolute Gasteiger partial charge is 0.391 e. The molecule has 0 unspecified atom stereocenters. The number of aromatic amines is 1. The standard InChI is InChI=1S/C20H24N4O/c1-12-4-5-18-17(6-12)13(2)7-20(21-18)24-10-15(19(25)11-24)9-16-8-14(3)22-23-16/h4-8,15,19,25H,9-11H2,1-3H3,(H,22,23)/t15-,19+/m1/s1. The molecule has 3 heterocycles. The zero-order chi connectivity index (χ0) is 17.6. The second-order valence-electron chi connectivity index (χ2n) is 7.30. The van der Waals surface area contributed by atoms with E-state index in [9.17, 15) is 5.11 Å². The van der Waals surface area contributed by atoms with Gasteiger partial charge in [0.15, 0.2) is 0 Å². The first-order chi connectivity index (χ1) is 12.0. The van der Waals surface area contributed by atoms with E-state index in [0.717, 1.165) is 35.7 Å². The molecule has 4 rings (SSSR count). The molecule has 1 aliphatic rings. The summed E-state index contributed by atoms with van der Waals surface area (Å²) >= 11 is 0. The molecule has 2 aromatic heterocycles. The predicted molar refractivity (Wildman–Crippen MR) is 100.0 cm³/mol. The monoisotopic (exact) mass is 336 g/mol. The number of pyridine rings is 1. The van der Waals surface area contributed by atoms with Gasteiger partial charge in [-0.2, -0.15) is 5.10 Å². The zero-order valence-electron chi connectivity index (χ0n) is 15.0. The van der Waals surface area contributed by atoms with E-state index in [4.69, 9.17) is 4.98 Å². The van der Waals surface area contributed by atoms with E-state index in [0.29, 0.717) is 6.54 Å². The zero-order valence-corrected chi connectivity index (χ0v) is 15.0. The van der Waals surface area contributed by atoms with Crippen molar-refractivity contribution in [1.29, 1.82) is 0 Å². The number of aromatic nitrogens is 3. The van der Waals surface area contributed by atoms with Crippen LogP contribution in [0.4, 0.5) is 5.82 Å². The Morgan fingerprint density at radius 3 is 2.76 bits per heavy atom. The molecule has 1 aliphatic heterocycles. The molecular weight excluding hydrogens is 312 g/mol. The summed E-state index contributed by atoms with van der Waals surface area (Å²) in [6.45, 7) is 7.65. The first kappa shape index (κ1) is 16.1. The van der Waals surface area contributed by atoms with Crippen molar-refractivity contribution in [2.24, 2.45) is 5.92 Å². The van der Waals surface area contributed by atoms with Crippen LogP contribution >= 0.6 is 0 Å². The van der Waals surface area contributed by atoms with E-state index >= 15 is 0 Å². The van der Waals surface area contributed by atoms with Crippen molar-refractivity contribution in [2.45, 2.75) is 33.3 Å². The molecule has 130 valence electrons. The molecule has 25 heavy (non-hydrogen) atoms. The molecule has 1 fully saturated rings. The van der Waals surface area contributed by atoms with Crippen molar-refractivity contribution < 1.29 is 5.11 Å². The van der Waals surface area contributed by atoms with Crippen molar-refractivity contribution in [1.82, 2.24) is 15.2 Å². The molecule has 0 bridgehead atoms. The Morgan fingerprint density at radius 1 is 1.16 bits per heavy atom. The van der Waals surface area contributed by atoms with E-state index in [1.807, 2.05) is 6.92 Å². The van der Waals surface area contributed by atoms with Gasteiger partial charge in [-0.05, 0) is 57.0 Å². The second kappa shape index (κ2) is 6.15. The highest BCUT2D eigenvalue weighted by Gasteiger charge is 2.32. The van der Waals surface area contributed by atoms with Crippen LogP contribution in [0.2, 0.25) is 0 Å². The molecule has 2 atom stereocenters. The summed E-state index contributed by atoms with van der Waals surface area (Å²) in [5.74, 6) is 1.13. The van der Waals surface area contributed by atoms with Gasteiger partial charge in [-0.1, -0.05) is 11.6 Å². The van der Waals surface area contributed by atoms with Gasteiger partial charge in [-0.25, -0.2) is 4.98 Å². The molecular formula is C20H24N4O. The van der Waals surface area contributed by atoms with Crippen LogP contribution in [0.25, 0.3) is 10.9 Å². The summed E-state index contributed by atoms with van der Waals surface area (Å²) < 4.78 is 0. The molecule has 5 nitrogen and oxygen atoms in total. The fraction of sp³-hybridized carbons (Fsp3) is 0.400. The van der Waals surface area contributed by atoms with Crippen LogP contribution < -0.4 is 4.90 Å². The lowest BCUT2D eigenvalue weighted by Crippen LogP contribution is -2.22. The normalized spacial score (nSPS) is 20.6. The Kier molecular flexibility index (Phi) is 3.96. The van der Waals surface area contributed by atoms with Crippen LogP contribution in [0.15, 0.2) is 30.3 Å². The van der Waals surface area contributed by atoms with Crippen LogP contribution in [-0.2, 0) is 6.42 Å². The van der Waals surface area contributed by atoms with E-state index in [2.05, 4.69) is 59.3 Å². The van der Waals surface area contributed by atoms with Gasteiger partial charge in [0.25, 0.3) is 0 Å². The molecule has 0 aliphatic carbocycles. The lowest BCUT2D eigenvalue weighted by atomic mass is 10.0. The summed E-state index contributed by atoms with van der Waals surface area (Å²) in [6, 6.07) is 10.5. The lowest BCUT2D eigenvalue weighted by Gasteiger charge is -2.18. The van der Waals surface area contributed by atoms with Gasteiger partial charge in [-0.3, -0.25) is 5.10 Å².